The largest absolute Gasteiger partial charge is 0.412 e. The van der Waals surface area contributed by atoms with Crippen molar-refractivity contribution in [2.75, 3.05) is 58.6 Å². The van der Waals surface area contributed by atoms with Crippen LogP contribution in [0.3, 0.4) is 0 Å². The minimum Gasteiger partial charge on any atom is -0.412 e. The van der Waals surface area contributed by atoms with Crippen molar-refractivity contribution >= 4 is 60.3 Å². The number of carbonyl (C=O) groups excluding carboxylic acids is 2. The van der Waals surface area contributed by atoms with E-state index >= 15 is 0 Å². The highest BCUT2D eigenvalue weighted by molar-refractivity contribution is 6.76. The number of Topliss-reactive ketones (excluding diaryl/α,β-unsaturated/α-hetero) is 2. The number of rotatable bonds is 9. The van der Waals surface area contributed by atoms with Crippen LogP contribution >= 0.6 is 34.8 Å². The van der Waals surface area contributed by atoms with E-state index in [0.29, 0.717) is 17.0 Å². The summed E-state index contributed by atoms with van der Waals surface area (Å²) in [5.74, 6) is -0.703. The number of aliphatic hydroxyl groups is 1. The molecule has 0 aromatic heterocycles. The lowest BCUT2D eigenvalue weighted by atomic mass is 10.1. The summed E-state index contributed by atoms with van der Waals surface area (Å²) in [6.45, 7) is 1.42. The van der Waals surface area contributed by atoms with Crippen LogP contribution in [0.4, 0.5) is 0 Å². The van der Waals surface area contributed by atoms with Crippen molar-refractivity contribution in [3.8, 4) is 0 Å². The maximum atomic E-state index is 11.9. The van der Waals surface area contributed by atoms with Crippen molar-refractivity contribution in [3.63, 3.8) is 0 Å². The van der Waals surface area contributed by atoms with E-state index in [2.05, 4.69) is 41.6 Å². The van der Waals surface area contributed by atoms with Gasteiger partial charge in [0.1, 0.15) is 11.6 Å². The van der Waals surface area contributed by atoms with E-state index in [0.717, 1.165) is 22.6 Å². The average Bonchev–Trinajstić information content (AvgIpc) is 0.703. The Labute approximate surface area is 476 Å². The first-order valence-corrected chi connectivity index (χ1v) is 28.7. The first kappa shape index (κ1) is 39.7. The van der Waals surface area contributed by atoms with Crippen molar-refractivity contribution in [2.45, 2.75) is 126 Å². The van der Waals surface area contributed by atoms with Gasteiger partial charge in [-0.2, -0.15) is 0 Å². The molecule has 14 heteroatoms. The number of ketones is 2. The van der Waals surface area contributed by atoms with Crippen molar-refractivity contribution < 1.29 is 43.5 Å². The third kappa shape index (κ3) is 31.8. The fourth-order valence-electron chi connectivity index (χ4n) is 6.75. The molecular weight excluding hydrogens is 979 g/mol. The topological polar surface area (TPSA) is 137 Å². The zero-order valence-electron chi connectivity index (χ0n) is 60.8. The molecule has 0 bridgehead atoms. The lowest BCUT2D eigenvalue weighted by molar-refractivity contribution is -0.122. The van der Waals surface area contributed by atoms with Gasteiger partial charge in [0.25, 0.3) is 0 Å². The molecule has 0 spiro atoms. The molecule has 5 heterocycles. The van der Waals surface area contributed by atoms with Crippen LogP contribution in [0.15, 0.2) is 139 Å². The second-order valence-electron chi connectivity index (χ2n) is 17.7. The minimum absolute atomic E-state index is 0.0562. The number of allylic oxidation sites excluding steroid dienone is 1. The van der Waals surface area contributed by atoms with Crippen LogP contribution in [0, 0.1) is 0 Å². The van der Waals surface area contributed by atoms with Crippen LogP contribution in [0.2, 0.25) is 25.7 Å². The highest BCUT2D eigenvalue weighted by atomic mass is 35.6. The molecular formula is C58H87Cl3N6O4Si. The monoisotopic (exact) mass is 1080 g/mol. The Hall–Kier alpha value is -3.72. The van der Waals surface area contributed by atoms with Crippen LogP contribution in [0.5, 0.6) is 0 Å². The average molecular weight is 1090 g/mol. The maximum absolute atomic E-state index is 11.9. The molecule has 4 fully saturated rings. The van der Waals surface area contributed by atoms with E-state index in [1.807, 2.05) is 97.1 Å². The maximum Gasteiger partial charge on any atom is 0.206 e. The van der Waals surface area contributed by atoms with Crippen molar-refractivity contribution in [2.24, 2.45) is 10.7 Å². The molecule has 5 aliphatic rings. The fraction of sp³-hybridized carbons (Fsp3) is 0.500. The molecule has 5 aliphatic heterocycles. The number of benzene rings is 4. The second-order valence-corrected chi connectivity index (χ2v) is 24.9. The number of amidine groups is 1. The van der Waals surface area contributed by atoms with E-state index < -0.39 is 76.0 Å². The fourth-order valence-corrected chi connectivity index (χ4v) is 7.62. The Balaban J connectivity index is 0.000000376. The van der Waals surface area contributed by atoms with E-state index in [1.165, 1.54) is 61.1 Å². The molecule has 0 atom stereocenters. The summed E-state index contributed by atoms with van der Waals surface area (Å²) in [6.07, 6.45) is -0.628. The van der Waals surface area contributed by atoms with Crippen LogP contribution in [0.1, 0.15) is 110 Å². The number of fused-ring (bicyclic) bond motifs is 1. The summed E-state index contributed by atoms with van der Waals surface area (Å²) < 4.78 is 140. The van der Waals surface area contributed by atoms with Gasteiger partial charge in [0.15, 0.2) is 4.27 Å². The SMILES string of the molecule is C1CCN2CCCN=C2C1.C=CC[Si](C)(C)C.NCc1ccccc1.[2H]C(Cl)(Cl)Cl.[2H]C1([2H])C(=O)C([2H])([2H])C([2H])([2H])N(Cc2ccccc2)C1([2H])[2H].[2H]C1([2H])CC(=O)CC([2H])([2H])N1Cc1ccccc1.[2H]C1([2H])CC(O)CC([2H])([2H])N1Cc1ccccc1.[2H]O[2H]. The van der Waals surface area contributed by atoms with Crippen LogP contribution in [-0.2, 0) is 35.8 Å². The Kier molecular flexibility index (Phi) is 21.4. The Bertz CT molecular complexity index is 2760. The third-order valence-corrected chi connectivity index (χ3v) is 11.8. The predicted molar refractivity (Wildman–Crippen MR) is 309 cm³/mol. The summed E-state index contributed by atoms with van der Waals surface area (Å²) in [5, 5.41) is 9.56. The van der Waals surface area contributed by atoms with Gasteiger partial charge in [-0.1, -0.05) is 182 Å². The molecule has 9 rings (SSSR count). The van der Waals surface area contributed by atoms with E-state index in [-0.39, 0.29) is 51.1 Å². The van der Waals surface area contributed by atoms with Crippen LogP contribution < -0.4 is 5.73 Å². The lowest BCUT2D eigenvalue weighted by Gasteiger charge is -2.32. The standard InChI is InChI=1S/C12H17NO.2C12H15NO.C8H14N2.C7H9N.C6H14Si.CHCl3.H2O/c3*14-12-6-8-13(9-7-12)10-11-4-2-1-3-5-11;1-2-6-10-7-3-5-9-8(10)4-1;8-6-7-4-2-1-3-5-7;1-5-6-7(2,3)4;2-1(3)4;/h1-5,12,14H,6-10H2;2*1-5H,6-10H2;1-7H2;1-5H,6,8H2;5H,1,6H2,2-4H3;1H;1H2/i8D2,9D2;6D2,7D2,8D2,9D2;8D2,9D2;;;;1D;/hD2. The first-order valence-electron chi connectivity index (χ1n) is 33.2. The number of hydrogen-bond donors (Lipinski definition) is 2. The molecule has 72 heavy (non-hydrogen) atoms. The first-order chi connectivity index (χ1) is 41.9. The number of aliphatic imine (C=N–C) groups is 1. The Morgan fingerprint density at radius 3 is 1.47 bits per heavy atom. The van der Waals surface area contributed by atoms with E-state index in [1.54, 1.807) is 30.3 Å². The van der Waals surface area contributed by atoms with Gasteiger partial charge in [0.2, 0.25) is 2.86 Å². The molecule has 398 valence electrons. The number of likely N-dealkylation sites (tertiary alicyclic amines) is 3. The second kappa shape index (κ2) is 38.8. The third-order valence-electron chi connectivity index (χ3n) is 10.3. The van der Waals surface area contributed by atoms with Gasteiger partial charge in [-0.25, -0.2) is 0 Å². The molecule has 4 aromatic carbocycles. The molecule has 0 unspecified atom stereocenters. The Morgan fingerprint density at radius 2 is 1.10 bits per heavy atom. The van der Waals surface area contributed by atoms with Crippen molar-refractivity contribution in [1.82, 2.24) is 19.6 Å². The van der Waals surface area contributed by atoms with Gasteiger partial charge in [-0.05, 0) is 60.4 Å². The van der Waals surface area contributed by atoms with E-state index in [9.17, 15) is 14.7 Å². The number of hydrogen-bond acceptors (Lipinski definition) is 9. The molecule has 0 radical (unpaired) electrons. The summed E-state index contributed by atoms with van der Waals surface area (Å²) >= 11 is 14.2. The van der Waals surface area contributed by atoms with E-state index in [4.69, 9.17) is 66.7 Å². The minimum atomic E-state index is -3.17. The van der Waals surface area contributed by atoms with Gasteiger partial charge in [-0.15, -0.1) is 6.58 Å². The van der Waals surface area contributed by atoms with Gasteiger partial charge in [0, 0.05) is 147 Å². The summed E-state index contributed by atoms with van der Waals surface area (Å²) in [4.78, 5) is 33.0. The summed E-state index contributed by atoms with van der Waals surface area (Å²) in [7, 11) is -0.775. The molecule has 4 saturated heterocycles. The molecule has 0 aliphatic carbocycles. The summed E-state index contributed by atoms with van der Waals surface area (Å²) in [6, 6.07) is 37.8. The lowest BCUT2D eigenvalue weighted by Crippen LogP contribution is -2.39. The van der Waals surface area contributed by atoms with Crippen LogP contribution in [0.25, 0.3) is 0 Å². The van der Waals surface area contributed by atoms with Crippen LogP contribution in [-0.4, -0.2) is 128 Å². The molecule has 4 aromatic rings. The molecule has 0 saturated carbocycles. The smallest absolute Gasteiger partial charge is 0.206 e. The number of nitrogens with zero attached hydrogens (tertiary/aromatic N) is 5. The highest BCUT2D eigenvalue weighted by Gasteiger charge is 2.19. The number of piperidine rings is 4. The van der Waals surface area contributed by atoms with Gasteiger partial charge in [-0.3, -0.25) is 29.3 Å². The number of alkyl halides is 3. The van der Waals surface area contributed by atoms with Gasteiger partial charge < -0.3 is 21.2 Å². The summed E-state index contributed by atoms with van der Waals surface area (Å²) in [5.41, 5.74) is 11.5. The molecule has 10 nitrogen and oxygen atoms in total. The van der Waals surface area contributed by atoms with Gasteiger partial charge >= 0.3 is 0 Å². The number of nitrogens with two attached hydrogens (primary N) is 1. The van der Waals surface area contributed by atoms with Crippen molar-refractivity contribution in [1.29, 1.82) is 2.86 Å². The van der Waals surface area contributed by atoms with Gasteiger partial charge in [0.05, 0.1) is 13.3 Å². The molecule has 5 N–H and O–H groups in total. The number of carbonyl (C=O) groups is 2. The predicted octanol–water partition coefficient (Wildman–Crippen LogP) is 11.4. The normalized spacial score (nSPS) is 26.7. The quantitative estimate of drug-likeness (QED) is 0.0960. The molecule has 0 amide bonds. The zero-order valence-corrected chi connectivity index (χ0v) is 45.1. The van der Waals surface area contributed by atoms with Crippen molar-refractivity contribution in [3.05, 3.63) is 156 Å². The zero-order chi connectivity index (χ0) is 69.5. The number of halogens is 3. The number of aliphatic hydroxyl groups excluding tert-OH is 1. The highest BCUT2D eigenvalue weighted by Crippen LogP contribution is 2.17. The Morgan fingerprint density at radius 1 is 0.694 bits per heavy atom.